The van der Waals surface area contributed by atoms with Crippen molar-refractivity contribution in [3.63, 3.8) is 0 Å². The Kier molecular flexibility index (Phi) is 5.66. The van der Waals surface area contributed by atoms with E-state index in [-0.39, 0.29) is 12.1 Å². The first-order chi connectivity index (χ1) is 10.9. The van der Waals surface area contributed by atoms with Crippen molar-refractivity contribution in [3.8, 4) is 5.75 Å². The Hall–Kier alpha value is -2.01. The quantitative estimate of drug-likeness (QED) is 0.888. The SMILES string of the molecule is COc1ccc(C)cc1C(C)NC(=O)N(C)Cc1sccc1C. The van der Waals surface area contributed by atoms with Crippen LogP contribution in [-0.2, 0) is 6.54 Å². The Labute approximate surface area is 142 Å². The van der Waals surface area contributed by atoms with Crippen molar-refractivity contribution in [2.45, 2.75) is 33.4 Å². The molecule has 1 N–H and O–H groups in total. The smallest absolute Gasteiger partial charge is 0.317 e. The van der Waals surface area contributed by atoms with Gasteiger partial charge in [0.1, 0.15) is 5.75 Å². The lowest BCUT2D eigenvalue weighted by molar-refractivity contribution is 0.203. The van der Waals surface area contributed by atoms with Gasteiger partial charge in [-0.1, -0.05) is 17.7 Å². The van der Waals surface area contributed by atoms with Gasteiger partial charge in [0.2, 0.25) is 0 Å². The van der Waals surface area contributed by atoms with Crippen molar-refractivity contribution >= 4 is 17.4 Å². The van der Waals surface area contributed by atoms with Crippen LogP contribution in [0.1, 0.15) is 34.5 Å². The summed E-state index contributed by atoms with van der Waals surface area (Å²) in [5.74, 6) is 0.792. The summed E-state index contributed by atoms with van der Waals surface area (Å²) in [6.07, 6.45) is 0. The molecule has 2 amide bonds. The number of amides is 2. The van der Waals surface area contributed by atoms with Crippen LogP contribution < -0.4 is 10.1 Å². The van der Waals surface area contributed by atoms with Gasteiger partial charge in [0, 0.05) is 17.5 Å². The zero-order valence-electron chi connectivity index (χ0n) is 14.3. The number of rotatable bonds is 5. The van der Waals surface area contributed by atoms with E-state index >= 15 is 0 Å². The van der Waals surface area contributed by atoms with E-state index in [9.17, 15) is 4.79 Å². The number of nitrogens with zero attached hydrogens (tertiary/aromatic N) is 1. The van der Waals surface area contributed by atoms with Gasteiger partial charge >= 0.3 is 6.03 Å². The Bertz CT molecular complexity index is 681. The van der Waals surface area contributed by atoms with E-state index in [1.165, 1.54) is 10.4 Å². The Morgan fingerprint density at radius 1 is 1.35 bits per heavy atom. The summed E-state index contributed by atoms with van der Waals surface area (Å²) in [5.41, 5.74) is 3.36. The number of benzene rings is 1. The number of hydrogen-bond donors (Lipinski definition) is 1. The van der Waals surface area contributed by atoms with Crippen LogP contribution in [0.3, 0.4) is 0 Å². The molecule has 1 aromatic heterocycles. The van der Waals surface area contributed by atoms with E-state index in [0.717, 1.165) is 16.9 Å². The molecule has 23 heavy (non-hydrogen) atoms. The van der Waals surface area contributed by atoms with E-state index in [1.807, 2.05) is 39.1 Å². The highest BCUT2D eigenvalue weighted by molar-refractivity contribution is 7.10. The number of nitrogens with one attached hydrogen (secondary N) is 1. The largest absolute Gasteiger partial charge is 0.496 e. The fourth-order valence-corrected chi connectivity index (χ4v) is 3.38. The normalized spacial score (nSPS) is 11.9. The maximum atomic E-state index is 12.4. The van der Waals surface area contributed by atoms with Gasteiger partial charge in [0.15, 0.2) is 0 Å². The number of ether oxygens (including phenoxy) is 1. The number of methoxy groups -OCH3 is 1. The third kappa shape index (κ3) is 4.26. The predicted octanol–water partition coefficient (Wildman–Crippen LogP) is 4.28. The molecule has 0 aliphatic carbocycles. The Morgan fingerprint density at radius 2 is 2.09 bits per heavy atom. The minimum Gasteiger partial charge on any atom is -0.496 e. The van der Waals surface area contributed by atoms with Gasteiger partial charge in [-0.05, 0) is 43.8 Å². The van der Waals surface area contributed by atoms with Crippen LogP contribution >= 0.6 is 11.3 Å². The molecule has 124 valence electrons. The molecule has 1 atom stereocenters. The second-order valence-corrected chi connectivity index (χ2v) is 6.80. The number of aryl methyl sites for hydroxylation is 2. The van der Waals surface area contributed by atoms with Crippen LogP contribution in [-0.4, -0.2) is 25.1 Å². The fourth-order valence-electron chi connectivity index (χ4n) is 2.42. The number of hydrogen-bond acceptors (Lipinski definition) is 3. The first-order valence-electron chi connectivity index (χ1n) is 7.61. The molecule has 2 aromatic rings. The number of carbonyl (C=O) groups is 1. The van der Waals surface area contributed by atoms with E-state index in [0.29, 0.717) is 6.54 Å². The molecular weight excluding hydrogens is 308 g/mol. The molecule has 5 heteroatoms. The molecule has 0 fully saturated rings. The fraction of sp³-hybridized carbons (Fsp3) is 0.389. The van der Waals surface area contributed by atoms with Gasteiger partial charge in [-0.2, -0.15) is 0 Å². The van der Waals surface area contributed by atoms with E-state index in [1.54, 1.807) is 23.3 Å². The maximum absolute atomic E-state index is 12.4. The molecular formula is C18H24N2O2S. The monoisotopic (exact) mass is 332 g/mol. The number of urea groups is 1. The molecule has 0 aliphatic rings. The van der Waals surface area contributed by atoms with Gasteiger partial charge < -0.3 is 15.0 Å². The van der Waals surface area contributed by atoms with Crippen molar-refractivity contribution in [1.82, 2.24) is 10.2 Å². The summed E-state index contributed by atoms with van der Waals surface area (Å²) in [6, 6.07) is 7.85. The lowest BCUT2D eigenvalue weighted by Gasteiger charge is -2.23. The highest BCUT2D eigenvalue weighted by Crippen LogP contribution is 2.26. The molecule has 4 nitrogen and oxygen atoms in total. The van der Waals surface area contributed by atoms with Gasteiger partial charge in [0.25, 0.3) is 0 Å². The van der Waals surface area contributed by atoms with Crippen molar-refractivity contribution < 1.29 is 9.53 Å². The minimum atomic E-state index is -0.121. The Balaban J connectivity index is 2.04. The first-order valence-corrected chi connectivity index (χ1v) is 8.49. The zero-order valence-corrected chi connectivity index (χ0v) is 15.2. The minimum absolute atomic E-state index is 0.0890. The van der Waals surface area contributed by atoms with Crippen LogP contribution in [0.15, 0.2) is 29.6 Å². The van der Waals surface area contributed by atoms with Gasteiger partial charge in [0.05, 0.1) is 19.7 Å². The van der Waals surface area contributed by atoms with Crippen LogP contribution in [0.4, 0.5) is 4.79 Å². The van der Waals surface area contributed by atoms with Gasteiger partial charge in [-0.25, -0.2) is 4.79 Å². The van der Waals surface area contributed by atoms with Crippen LogP contribution in [0, 0.1) is 13.8 Å². The predicted molar refractivity (Wildman–Crippen MR) is 95.2 cm³/mol. The lowest BCUT2D eigenvalue weighted by atomic mass is 10.0. The van der Waals surface area contributed by atoms with Crippen LogP contribution in [0.25, 0.3) is 0 Å². The summed E-state index contributed by atoms with van der Waals surface area (Å²) >= 11 is 1.68. The highest BCUT2D eigenvalue weighted by atomic mass is 32.1. The summed E-state index contributed by atoms with van der Waals surface area (Å²) in [7, 11) is 3.46. The molecule has 2 rings (SSSR count). The number of thiophene rings is 1. The standard InChI is InChI=1S/C18H24N2O2S/c1-12-6-7-16(22-5)15(10-12)14(3)19-18(21)20(4)11-17-13(2)8-9-23-17/h6-10,14H,11H2,1-5H3,(H,19,21). The highest BCUT2D eigenvalue weighted by Gasteiger charge is 2.17. The number of carbonyl (C=O) groups excluding carboxylic acids is 1. The van der Waals surface area contributed by atoms with Crippen LogP contribution in [0.2, 0.25) is 0 Å². The molecule has 0 spiro atoms. The second kappa shape index (κ2) is 7.51. The maximum Gasteiger partial charge on any atom is 0.317 e. The van der Waals surface area contributed by atoms with E-state index < -0.39 is 0 Å². The Morgan fingerprint density at radius 3 is 2.70 bits per heavy atom. The molecule has 0 saturated carbocycles. The van der Waals surface area contributed by atoms with Crippen molar-refractivity contribution in [2.75, 3.05) is 14.2 Å². The van der Waals surface area contributed by atoms with E-state index in [4.69, 9.17) is 4.74 Å². The first kappa shape index (κ1) is 17.3. The summed E-state index contributed by atoms with van der Waals surface area (Å²) < 4.78 is 5.40. The van der Waals surface area contributed by atoms with Crippen molar-refractivity contribution in [1.29, 1.82) is 0 Å². The third-order valence-corrected chi connectivity index (χ3v) is 4.90. The topological polar surface area (TPSA) is 41.6 Å². The van der Waals surface area contributed by atoms with Crippen LogP contribution in [0.5, 0.6) is 5.75 Å². The molecule has 1 heterocycles. The summed E-state index contributed by atoms with van der Waals surface area (Å²) in [6.45, 7) is 6.69. The molecule has 0 aliphatic heterocycles. The lowest BCUT2D eigenvalue weighted by Crippen LogP contribution is -2.38. The molecule has 0 saturated heterocycles. The van der Waals surface area contributed by atoms with Gasteiger partial charge in [-0.3, -0.25) is 0 Å². The summed E-state index contributed by atoms with van der Waals surface area (Å²) in [5, 5.41) is 5.09. The average Bonchev–Trinajstić information content (AvgIpc) is 2.92. The molecule has 0 radical (unpaired) electrons. The van der Waals surface area contributed by atoms with Gasteiger partial charge in [-0.15, -0.1) is 11.3 Å². The van der Waals surface area contributed by atoms with E-state index in [2.05, 4.69) is 23.7 Å². The zero-order chi connectivity index (χ0) is 17.0. The van der Waals surface area contributed by atoms with Crippen molar-refractivity contribution in [2.24, 2.45) is 0 Å². The average molecular weight is 332 g/mol. The third-order valence-electron chi connectivity index (χ3n) is 3.89. The summed E-state index contributed by atoms with van der Waals surface area (Å²) in [4.78, 5) is 15.3. The second-order valence-electron chi connectivity index (χ2n) is 5.80. The molecule has 1 aromatic carbocycles. The molecule has 0 bridgehead atoms. The van der Waals surface area contributed by atoms with Crippen molar-refractivity contribution in [3.05, 3.63) is 51.2 Å². The molecule has 1 unspecified atom stereocenters.